The van der Waals surface area contributed by atoms with E-state index in [1.54, 1.807) is 58.0 Å². The second-order valence-electron chi connectivity index (χ2n) is 14.6. The molecule has 2 heterocycles. The first-order chi connectivity index (χ1) is 27.7. The van der Waals surface area contributed by atoms with Crippen LogP contribution < -0.4 is 26.6 Å². The van der Waals surface area contributed by atoms with Crippen molar-refractivity contribution in [3.05, 3.63) is 89.5 Å². The van der Waals surface area contributed by atoms with Crippen LogP contribution in [0.5, 0.6) is 0 Å². The predicted molar refractivity (Wildman–Crippen MR) is 213 cm³/mol. The third-order valence-electron chi connectivity index (χ3n) is 9.23. The van der Waals surface area contributed by atoms with E-state index in [1.165, 1.54) is 47.4 Å². The highest BCUT2D eigenvalue weighted by Crippen LogP contribution is 2.24. The Morgan fingerprint density at radius 3 is 1.48 bits per heavy atom. The van der Waals surface area contributed by atoms with E-state index in [9.17, 15) is 38.4 Å². The van der Waals surface area contributed by atoms with E-state index < -0.39 is 77.7 Å². The second kappa shape index (κ2) is 19.5. The standard InChI is InChI=1S/C42H48N6O10/c1-24(2)57-35(49)18-16-32-39(53)43-29-12-5-9-26(21-29)37(51)47-33(17-19-36(50)58-25(3)4)40(54)44-31-14-7-11-28(23-31)42(56)48-20-8-15-34(48)41(55)45-30-13-6-10-27(22-30)38(52)46-32/h5-7,9-14,21-25,32-34H,8,15-20H2,1-4H3,(H,43,53)(H,44,54)(H,45,55)(H,46,52)(H,47,51)/t32-,33-,34-/m0/s1. The number of esters is 2. The number of nitrogens with zero attached hydrogens (tertiary/aromatic N) is 1. The molecule has 5 N–H and O–H groups in total. The molecule has 3 aromatic rings. The average molecular weight is 797 g/mol. The third-order valence-corrected chi connectivity index (χ3v) is 9.23. The van der Waals surface area contributed by atoms with Gasteiger partial charge in [0.15, 0.2) is 0 Å². The summed E-state index contributed by atoms with van der Waals surface area (Å²) in [5.74, 6) is -4.82. The van der Waals surface area contributed by atoms with Crippen molar-refractivity contribution in [1.82, 2.24) is 15.5 Å². The Balaban J connectivity index is 1.49. The summed E-state index contributed by atoms with van der Waals surface area (Å²) in [6.07, 6.45) is -0.538. The van der Waals surface area contributed by atoms with E-state index in [-0.39, 0.29) is 59.4 Å². The predicted octanol–water partition coefficient (Wildman–Crippen LogP) is 4.18. The van der Waals surface area contributed by atoms with Gasteiger partial charge in [-0.1, -0.05) is 18.2 Å². The van der Waals surface area contributed by atoms with Gasteiger partial charge < -0.3 is 41.0 Å². The molecule has 3 aromatic carbocycles. The maximum Gasteiger partial charge on any atom is 0.306 e. The van der Waals surface area contributed by atoms with Gasteiger partial charge in [0.05, 0.1) is 12.2 Å². The van der Waals surface area contributed by atoms with Crippen LogP contribution in [0.4, 0.5) is 17.1 Å². The molecule has 16 heteroatoms. The van der Waals surface area contributed by atoms with Crippen molar-refractivity contribution in [1.29, 1.82) is 0 Å². The largest absolute Gasteiger partial charge is 0.463 e. The van der Waals surface area contributed by atoms with Gasteiger partial charge in [0.1, 0.15) is 18.1 Å². The summed E-state index contributed by atoms with van der Waals surface area (Å²) in [5, 5.41) is 13.6. The van der Waals surface area contributed by atoms with Crippen LogP contribution in [0, 0.1) is 0 Å². The molecule has 16 nitrogen and oxygen atoms in total. The lowest BCUT2D eigenvalue weighted by atomic mass is 10.1. The summed E-state index contributed by atoms with van der Waals surface area (Å²) in [7, 11) is 0. The van der Waals surface area contributed by atoms with Crippen molar-refractivity contribution >= 4 is 64.4 Å². The van der Waals surface area contributed by atoms with E-state index in [1.807, 2.05) is 0 Å². The highest BCUT2D eigenvalue weighted by atomic mass is 16.5. The van der Waals surface area contributed by atoms with Crippen molar-refractivity contribution in [3.8, 4) is 0 Å². The summed E-state index contributed by atoms with van der Waals surface area (Å²) in [6, 6.07) is 14.8. The molecule has 0 aliphatic carbocycles. The molecule has 2 aliphatic heterocycles. The Morgan fingerprint density at radius 2 is 1.03 bits per heavy atom. The maximum absolute atomic E-state index is 13.8. The fraction of sp³-hybridized carbons (Fsp3) is 0.381. The van der Waals surface area contributed by atoms with Gasteiger partial charge in [0.25, 0.3) is 17.7 Å². The van der Waals surface area contributed by atoms with Gasteiger partial charge in [0, 0.05) is 53.1 Å². The molecule has 0 radical (unpaired) electrons. The lowest BCUT2D eigenvalue weighted by Crippen LogP contribution is -2.45. The van der Waals surface area contributed by atoms with Crippen molar-refractivity contribution in [3.63, 3.8) is 0 Å². The van der Waals surface area contributed by atoms with Crippen LogP contribution >= 0.6 is 0 Å². The smallest absolute Gasteiger partial charge is 0.306 e. The minimum Gasteiger partial charge on any atom is -0.463 e. The van der Waals surface area contributed by atoms with Gasteiger partial charge in [-0.15, -0.1) is 0 Å². The number of benzene rings is 3. The Morgan fingerprint density at radius 1 is 0.621 bits per heavy atom. The molecule has 6 bridgehead atoms. The number of fused-ring (bicyclic) bond motifs is 7. The molecule has 0 spiro atoms. The molecule has 2 aliphatic rings. The molecular formula is C42H48N6O10. The van der Waals surface area contributed by atoms with E-state index in [2.05, 4.69) is 26.6 Å². The summed E-state index contributed by atoms with van der Waals surface area (Å²) in [4.78, 5) is 108. The van der Waals surface area contributed by atoms with Gasteiger partial charge in [-0.05, 0) is 108 Å². The quantitative estimate of drug-likeness (QED) is 0.205. The average Bonchev–Trinajstić information content (AvgIpc) is 3.67. The SMILES string of the molecule is CC(C)OC(=O)CC[C@@H]1NC(=O)c2cccc(c2)NC(=O)[C@H](CCC(=O)OC(C)C)NC(=O)c2cccc(c2)NC(=O)[C@@H]2CCCN2C(=O)c2cccc(c2)NC1=O. The summed E-state index contributed by atoms with van der Waals surface area (Å²) < 4.78 is 10.5. The molecule has 0 saturated carbocycles. The van der Waals surface area contributed by atoms with Crippen LogP contribution in [0.15, 0.2) is 72.8 Å². The molecule has 1 saturated heterocycles. The molecule has 6 amide bonds. The van der Waals surface area contributed by atoms with Crippen LogP contribution in [-0.2, 0) is 33.4 Å². The molecule has 58 heavy (non-hydrogen) atoms. The van der Waals surface area contributed by atoms with Gasteiger partial charge in [0.2, 0.25) is 17.7 Å². The maximum atomic E-state index is 13.8. The summed E-state index contributed by atoms with van der Waals surface area (Å²) >= 11 is 0. The molecule has 306 valence electrons. The zero-order valence-electron chi connectivity index (χ0n) is 32.8. The molecule has 3 atom stereocenters. The highest BCUT2D eigenvalue weighted by molar-refractivity contribution is 6.06. The lowest BCUT2D eigenvalue weighted by molar-refractivity contribution is -0.148. The number of ether oxygens (including phenoxy) is 2. The first-order valence-corrected chi connectivity index (χ1v) is 19.2. The van der Waals surface area contributed by atoms with Gasteiger partial charge in [-0.2, -0.15) is 0 Å². The van der Waals surface area contributed by atoms with Crippen molar-refractivity contribution < 1.29 is 47.8 Å². The number of rotatable bonds is 8. The Bertz CT molecular complexity index is 2070. The molecule has 0 aromatic heterocycles. The van der Waals surface area contributed by atoms with Crippen molar-refractivity contribution in [2.75, 3.05) is 22.5 Å². The summed E-state index contributed by atoms with van der Waals surface area (Å²) in [5.41, 5.74) is 1.06. The molecular weight excluding hydrogens is 748 g/mol. The van der Waals surface area contributed by atoms with Crippen LogP contribution in [0.3, 0.4) is 0 Å². The van der Waals surface area contributed by atoms with Gasteiger partial charge in [-0.25, -0.2) is 0 Å². The number of carbonyl (C=O) groups excluding carboxylic acids is 8. The van der Waals surface area contributed by atoms with E-state index in [4.69, 9.17) is 9.47 Å². The van der Waals surface area contributed by atoms with Crippen molar-refractivity contribution in [2.24, 2.45) is 0 Å². The lowest BCUT2D eigenvalue weighted by Gasteiger charge is -2.24. The first kappa shape index (κ1) is 42.6. The van der Waals surface area contributed by atoms with Crippen LogP contribution in [0.2, 0.25) is 0 Å². The van der Waals surface area contributed by atoms with Crippen LogP contribution in [0.25, 0.3) is 0 Å². The first-order valence-electron chi connectivity index (χ1n) is 19.2. The minimum atomic E-state index is -1.25. The highest BCUT2D eigenvalue weighted by Gasteiger charge is 2.35. The van der Waals surface area contributed by atoms with Gasteiger partial charge >= 0.3 is 11.9 Å². The number of nitrogens with one attached hydrogen (secondary N) is 5. The number of hydrogen-bond donors (Lipinski definition) is 5. The fourth-order valence-electron chi connectivity index (χ4n) is 6.53. The van der Waals surface area contributed by atoms with E-state index >= 15 is 0 Å². The van der Waals surface area contributed by atoms with E-state index in [0.717, 1.165) is 0 Å². The Labute approximate surface area is 335 Å². The molecule has 0 unspecified atom stereocenters. The zero-order chi connectivity index (χ0) is 41.9. The number of anilines is 3. The number of hydrogen-bond acceptors (Lipinski definition) is 10. The molecule has 1 fully saturated rings. The topological polar surface area (TPSA) is 218 Å². The monoisotopic (exact) mass is 796 g/mol. The fourth-order valence-corrected chi connectivity index (χ4v) is 6.53. The van der Waals surface area contributed by atoms with Crippen LogP contribution in [-0.4, -0.2) is 89.2 Å². The third kappa shape index (κ3) is 11.7. The number of amides is 6. The Hall–Kier alpha value is -6.58. The summed E-state index contributed by atoms with van der Waals surface area (Å²) in [6.45, 7) is 7.03. The van der Waals surface area contributed by atoms with Crippen LogP contribution in [0.1, 0.15) is 97.3 Å². The Kier molecular flexibility index (Phi) is 14.3. The van der Waals surface area contributed by atoms with Crippen molar-refractivity contribution in [2.45, 2.75) is 96.6 Å². The van der Waals surface area contributed by atoms with Gasteiger partial charge in [-0.3, -0.25) is 38.4 Å². The zero-order valence-corrected chi connectivity index (χ0v) is 32.8. The van der Waals surface area contributed by atoms with E-state index in [0.29, 0.717) is 19.4 Å². The molecule has 5 rings (SSSR count). The minimum absolute atomic E-state index is 0.0579. The second-order valence-corrected chi connectivity index (χ2v) is 14.6. The number of carbonyl (C=O) groups is 8. The normalized spacial score (nSPS) is 19.2.